The second-order valence-electron chi connectivity index (χ2n) is 6.96. The maximum atomic E-state index is 13.0. The summed E-state index contributed by atoms with van der Waals surface area (Å²) in [5.41, 5.74) is 0.609. The fraction of sp³-hybridized carbons (Fsp3) is 0.0870. The zero-order valence-corrected chi connectivity index (χ0v) is 16.8. The topological polar surface area (TPSA) is 123 Å². The van der Waals surface area contributed by atoms with Crippen LogP contribution in [0.3, 0.4) is 0 Å². The standard InChI is InChI=1S/C23H17N3O6/c1-32-18-7-5-16(6-8-18)25-20(14-9-11-24-12-10-14)19(22(28)23(25)29)21(27)15-3-2-4-17(13-15)26(30)31/h2-13,20,27H,1H3/b21-19-. The van der Waals surface area contributed by atoms with Crippen LogP contribution in [-0.2, 0) is 9.59 Å². The Morgan fingerprint density at radius 3 is 2.41 bits per heavy atom. The van der Waals surface area contributed by atoms with Gasteiger partial charge in [0.15, 0.2) is 0 Å². The Balaban J connectivity index is 1.91. The molecule has 9 nitrogen and oxygen atoms in total. The quantitative estimate of drug-likeness (QED) is 0.215. The van der Waals surface area contributed by atoms with E-state index in [1.165, 1.54) is 42.6 Å². The summed E-state index contributed by atoms with van der Waals surface area (Å²) >= 11 is 0. The van der Waals surface area contributed by atoms with E-state index >= 15 is 0 Å². The van der Waals surface area contributed by atoms with Crippen molar-refractivity contribution in [1.29, 1.82) is 0 Å². The van der Waals surface area contributed by atoms with E-state index in [1.54, 1.807) is 36.4 Å². The van der Waals surface area contributed by atoms with Gasteiger partial charge in [0.25, 0.3) is 17.4 Å². The van der Waals surface area contributed by atoms with Gasteiger partial charge < -0.3 is 9.84 Å². The highest BCUT2D eigenvalue weighted by molar-refractivity contribution is 6.51. The van der Waals surface area contributed by atoms with Gasteiger partial charge in [0, 0.05) is 35.8 Å². The van der Waals surface area contributed by atoms with Crippen molar-refractivity contribution in [3.63, 3.8) is 0 Å². The number of nitrogens with zero attached hydrogens (tertiary/aromatic N) is 3. The number of nitro benzene ring substituents is 1. The zero-order valence-electron chi connectivity index (χ0n) is 16.8. The molecule has 0 spiro atoms. The van der Waals surface area contributed by atoms with E-state index in [9.17, 15) is 24.8 Å². The lowest BCUT2D eigenvalue weighted by atomic mass is 9.95. The maximum Gasteiger partial charge on any atom is 0.300 e. The highest BCUT2D eigenvalue weighted by Gasteiger charge is 2.47. The fourth-order valence-electron chi connectivity index (χ4n) is 3.63. The molecule has 1 saturated heterocycles. The molecule has 1 fully saturated rings. The molecule has 0 saturated carbocycles. The van der Waals surface area contributed by atoms with Crippen LogP contribution in [0.15, 0.2) is 78.6 Å². The van der Waals surface area contributed by atoms with Gasteiger partial charge >= 0.3 is 0 Å². The smallest absolute Gasteiger partial charge is 0.300 e. The molecule has 0 aliphatic carbocycles. The molecule has 1 amide bonds. The molecule has 1 atom stereocenters. The average Bonchev–Trinajstić information content (AvgIpc) is 3.09. The minimum atomic E-state index is -0.953. The van der Waals surface area contributed by atoms with Gasteiger partial charge in [-0.1, -0.05) is 12.1 Å². The summed E-state index contributed by atoms with van der Waals surface area (Å²) in [6, 6.07) is 14.1. The summed E-state index contributed by atoms with van der Waals surface area (Å²) in [5, 5.41) is 22.2. The molecule has 9 heteroatoms. The number of nitro groups is 1. The van der Waals surface area contributed by atoms with Gasteiger partial charge in [-0.25, -0.2) is 0 Å². The van der Waals surface area contributed by atoms with Crippen LogP contribution < -0.4 is 9.64 Å². The number of amides is 1. The molecule has 1 unspecified atom stereocenters. The first-order chi connectivity index (χ1) is 15.4. The van der Waals surface area contributed by atoms with Crippen LogP contribution in [0.25, 0.3) is 5.76 Å². The first kappa shape index (κ1) is 20.7. The van der Waals surface area contributed by atoms with Gasteiger partial charge in [-0.05, 0) is 42.0 Å². The van der Waals surface area contributed by atoms with Gasteiger partial charge in [0.1, 0.15) is 11.5 Å². The number of non-ortho nitro benzene ring substituents is 1. The molecule has 1 N–H and O–H groups in total. The van der Waals surface area contributed by atoms with Crippen molar-refractivity contribution < 1.29 is 24.4 Å². The lowest BCUT2D eigenvalue weighted by Gasteiger charge is -2.25. The van der Waals surface area contributed by atoms with Gasteiger partial charge in [0.2, 0.25) is 0 Å². The number of pyridine rings is 1. The number of hydrogen-bond donors (Lipinski definition) is 1. The minimum Gasteiger partial charge on any atom is -0.507 e. The Morgan fingerprint density at radius 1 is 1.09 bits per heavy atom. The van der Waals surface area contributed by atoms with Crippen molar-refractivity contribution in [3.05, 3.63) is 99.9 Å². The number of rotatable bonds is 5. The minimum absolute atomic E-state index is 0.0611. The summed E-state index contributed by atoms with van der Waals surface area (Å²) in [7, 11) is 1.51. The van der Waals surface area contributed by atoms with Crippen molar-refractivity contribution in [2.24, 2.45) is 0 Å². The van der Waals surface area contributed by atoms with Gasteiger partial charge in [-0.2, -0.15) is 0 Å². The highest BCUT2D eigenvalue weighted by atomic mass is 16.6. The monoisotopic (exact) mass is 431 g/mol. The molecule has 1 aliphatic rings. The third-order valence-electron chi connectivity index (χ3n) is 5.15. The summed E-state index contributed by atoms with van der Waals surface area (Å²) in [4.78, 5) is 41.9. The molecular weight excluding hydrogens is 414 g/mol. The second kappa shape index (κ2) is 8.31. The predicted octanol–water partition coefficient (Wildman–Crippen LogP) is 3.62. The van der Waals surface area contributed by atoms with E-state index in [-0.39, 0.29) is 16.8 Å². The number of benzene rings is 2. The van der Waals surface area contributed by atoms with E-state index in [2.05, 4.69) is 4.98 Å². The zero-order chi connectivity index (χ0) is 22.8. The maximum absolute atomic E-state index is 13.0. The summed E-state index contributed by atoms with van der Waals surface area (Å²) in [5.74, 6) is -1.65. The number of aliphatic hydroxyl groups is 1. The van der Waals surface area contributed by atoms with Crippen molar-refractivity contribution in [2.75, 3.05) is 12.0 Å². The third kappa shape index (κ3) is 3.56. The number of aliphatic hydroxyl groups excluding tert-OH is 1. The van der Waals surface area contributed by atoms with Crippen LogP contribution in [0.5, 0.6) is 5.75 Å². The van der Waals surface area contributed by atoms with Crippen LogP contribution in [0.2, 0.25) is 0 Å². The molecule has 2 aromatic carbocycles. The molecule has 4 rings (SSSR count). The molecule has 1 aliphatic heterocycles. The van der Waals surface area contributed by atoms with Crippen LogP contribution in [-0.4, -0.2) is 33.8 Å². The van der Waals surface area contributed by atoms with Gasteiger partial charge in [-0.3, -0.25) is 29.6 Å². The van der Waals surface area contributed by atoms with Crippen LogP contribution in [0.4, 0.5) is 11.4 Å². The van der Waals surface area contributed by atoms with Gasteiger partial charge in [0.05, 0.1) is 23.6 Å². The fourth-order valence-corrected chi connectivity index (χ4v) is 3.63. The number of carbonyl (C=O) groups excluding carboxylic acids is 2. The molecule has 2 heterocycles. The van der Waals surface area contributed by atoms with E-state index in [1.807, 2.05) is 0 Å². The average molecular weight is 431 g/mol. The van der Waals surface area contributed by atoms with Gasteiger partial charge in [-0.15, -0.1) is 0 Å². The van der Waals surface area contributed by atoms with E-state index in [0.29, 0.717) is 17.0 Å². The Bertz CT molecular complexity index is 1240. The highest BCUT2D eigenvalue weighted by Crippen LogP contribution is 2.42. The molecule has 32 heavy (non-hydrogen) atoms. The molecular formula is C23H17N3O6. The number of Topliss-reactive ketones (excluding diaryl/α,β-unsaturated/α-hetero) is 1. The molecule has 0 radical (unpaired) electrons. The number of aromatic nitrogens is 1. The molecule has 160 valence electrons. The Morgan fingerprint density at radius 2 is 1.78 bits per heavy atom. The van der Waals surface area contributed by atoms with Crippen molar-refractivity contribution in [3.8, 4) is 5.75 Å². The van der Waals surface area contributed by atoms with E-state index in [0.717, 1.165) is 6.07 Å². The molecule has 3 aromatic rings. The lowest BCUT2D eigenvalue weighted by molar-refractivity contribution is -0.384. The van der Waals surface area contributed by atoms with Crippen molar-refractivity contribution in [1.82, 2.24) is 4.98 Å². The third-order valence-corrected chi connectivity index (χ3v) is 5.15. The number of hydrogen-bond acceptors (Lipinski definition) is 7. The van der Waals surface area contributed by atoms with E-state index in [4.69, 9.17) is 4.74 Å². The number of ether oxygens (including phenoxy) is 1. The SMILES string of the molecule is COc1ccc(N2C(=O)C(=O)/C(=C(\O)c3cccc([N+](=O)[O-])c3)C2c2ccncc2)cc1. The summed E-state index contributed by atoms with van der Waals surface area (Å²) < 4.78 is 5.16. The Hall–Kier alpha value is -4.53. The van der Waals surface area contributed by atoms with E-state index < -0.39 is 28.4 Å². The lowest BCUT2D eigenvalue weighted by Crippen LogP contribution is -2.29. The summed E-state index contributed by atoms with van der Waals surface area (Å²) in [6.07, 6.45) is 3.02. The first-order valence-electron chi connectivity index (χ1n) is 9.52. The first-order valence-corrected chi connectivity index (χ1v) is 9.52. The van der Waals surface area contributed by atoms with Crippen LogP contribution >= 0.6 is 0 Å². The summed E-state index contributed by atoms with van der Waals surface area (Å²) in [6.45, 7) is 0. The number of methoxy groups -OCH3 is 1. The predicted molar refractivity (Wildman–Crippen MR) is 115 cm³/mol. The van der Waals surface area contributed by atoms with Crippen molar-refractivity contribution in [2.45, 2.75) is 6.04 Å². The Kier molecular flexibility index (Phi) is 5.38. The second-order valence-corrected chi connectivity index (χ2v) is 6.96. The Labute approximate surface area is 182 Å². The number of ketones is 1. The molecule has 0 bridgehead atoms. The normalized spacial score (nSPS) is 17.4. The van der Waals surface area contributed by atoms with Crippen LogP contribution in [0.1, 0.15) is 17.2 Å². The number of carbonyl (C=O) groups is 2. The van der Waals surface area contributed by atoms with Crippen LogP contribution in [0, 0.1) is 10.1 Å². The molecule has 1 aromatic heterocycles. The largest absolute Gasteiger partial charge is 0.507 e. The number of anilines is 1. The van der Waals surface area contributed by atoms with Crippen molar-refractivity contribution >= 4 is 28.8 Å².